The van der Waals surface area contributed by atoms with Crippen LogP contribution >= 0.6 is 0 Å². The Morgan fingerprint density at radius 1 is 0.952 bits per heavy atom. The lowest BCUT2D eigenvalue weighted by atomic mass is 10.4. The van der Waals surface area contributed by atoms with Crippen molar-refractivity contribution < 1.29 is 23.5 Å². The van der Waals surface area contributed by atoms with Gasteiger partial charge in [-0.1, -0.05) is 19.6 Å². The highest BCUT2D eigenvalue weighted by atomic mass is 29.3. The minimum absolute atomic E-state index is 0.171. The van der Waals surface area contributed by atoms with Gasteiger partial charge in [-0.3, -0.25) is 0 Å². The summed E-state index contributed by atoms with van der Waals surface area (Å²) in [5, 5.41) is 17.9. The molecule has 2 N–H and O–H groups in total. The lowest BCUT2D eigenvalue weighted by molar-refractivity contribution is 0.00309. The summed E-state index contributed by atoms with van der Waals surface area (Å²) in [6, 6.07) is 0. The Bertz CT molecular complexity index is 291. The average Bonchev–Trinajstić information content (AvgIpc) is 2.29. The largest absolute Gasteiger partial charge is 0.439 e. The Morgan fingerprint density at radius 2 is 1.52 bits per heavy atom. The van der Waals surface area contributed by atoms with Crippen LogP contribution in [0.5, 0.6) is 0 Å². The number of hydrogen-bond acceptors (Lipinski definition) is 5. The maximum atomic E-state index is 9.17. The van der Waals surface area contributed by atoms with Crippen molar-refractivity contribution in [2.45, 2.75) is 58.4 Å². The van der Waals surface area contributed by atoms with Gasteiger partial charge in [-0.15, -0.1) is 0 Å². The van der Waals surface area contributed by atoms with Crippen molar-refractivity contribution in [1.29, 1.82) is 0 Å². The standard InChI is InChI=1S/C13H34O5Si3/c1-19(2,3)18-21(7,20(4,5)6)17-10-8-9-16-12-13(15)11-14/h13-15H,8-12H2,1-7H3. The van der Waals surface area contributed by atoms with Crippen molar-refractivity contribution in [3.05, 3.63) is 0 Å². The third-order valence-electron chi connectivity index (χ3n) is 3.19. The normalized spacial score (nSPS) is 17.6. The lowest BCUT2D eigenvalue weighted by Gasteiger charge is -2.41. The molecule has 0 aliphatic heterocycles. The van der Waals surface area contributed by atoms with E-state index in [-0.39, 0.29) is 13.2 Å². The number of ether oxygens (including phenoxy) is 1. The fourth-order valence-corrected chi connectivity index (χ4v) is 15.9. The van der Waals surface area contributed by atoms with Gasteiger partial charge >= 0.3 is 8.08 Å². The van der Waals surface area contributed by atoms with E-state index in [9.17, 15) is 0 Å². The van der Waals surface area contributed by atoms with Gasteiger partial charge in [0, 0.05) is 13.2 Å². The molecule has 0 fully saturated rings. The third kappa shape index (κ3) is 9.24. The van der Waals surface area contributed by atoms with Gasteiger partial charge in [0.25, 0.3) is 0 Å². The monoisotopic (exact) mass is 354 g/mol. The Balaban J connectivity index is 4.22. The molecule has 0 aliphatic rings. The molecule has 128 valence electrons. The first-order chi connectivity index (χ1) is 9.41. The molecule has 0 heterocycles. The highest BCUT2D eigenvalue weighted by Gasteiger charge is 2.48. The summed E-state index contributed by atoms with van der Waals surface area (Å²) in [6.07, 6.45) is -0.0111. The predicted octanol–water partition coefficient (Wildman–Crippen LogP) is 2.10. The van der Waals surface area contributed by atoms with Crippen molar-refractivity contribution in [2.75, 3.05) is 26.4 Å². The number of rotatable bonds is 11. The zero-order valence-corrected chi connectivity index (χ0v) is 17.7. The summed E-state index contributed by atoms with van der Waals surface area (Å²) in [5.74, 6) is 0. The second-order valence-corrected chi connectivity index (χ2v) is 26.5. The molecule has 0 rings (SSSR count). The minimum Gasteiger partial charge on any atom is -0.439 e. The second-order valence-electron chi connectivity index (χ2n) is 7.52. The summed E-state index contributed by atoms with van der Waals surface area (Å²) >= 11 is 0. The molecule has 21 heavy (non-hydrogen) atoms. The van der Waals surface area contributed by atoms with Crippen LogP contribution in [-0.2, 0) is 13.3 Å². The van der Waals surface area contributed by atoms with E-state index < -0.39 is 30.1 Å². The van der Waals surface area contributed by atoms with Crippen LogP contribution in [-0.4, -0.2) is 66.7 Å². The zero-order chi connectivity index (χ0) is 16.7. The highest BCUT2D eigenvalue weighted by Crippen LogP contribution is 2.25. The van der Waals surface area contributed by atoms with Gasteiger partial charge in [-0.25, -0.2) is 0 Å². The molecule has 0 spiro atoms. The number of aliphatic hydroxyl groups excluding tert-OH is 2. The van der Waals surface area contributed by atoms with Crippen LogP contribution in [0.25, 0.3) is 0 Å². The Morgan fingerprint density at radius 3 is 1.95 bits per heavy atom. The average molecular weight is 355 g/mol. The quantitative estimate of drug-likeness (QED) is 0.439. The molecule has 0 saturated heterocycles. The molecular weight excluding hydrogens is 320 g/mol. The Kier molecular flexibility index (Phi) is 9.11. The minimum atomic E-state index is -2.12. The van der Waals surface area contributed by atoms with Crippen molar-refractivity contribution in [2.24, 2.45) is 0 Å². The summed E-state index contributed by atoms with van der Waals surface area (Å²) < 4.78 is 18.0. The van der Waals surface area contributed by atoms with Crippen LogP contribution < -0.4 is 0 Å². The fourth-order valence-electron chi connectivity index (χ4n) is 1.68. The molecule has 0 bridgehead atoms. The first kappa shape index (κ1) is 21.5. The summed E-state index contributed by atoms with van der Waals surface area (Å²) in [7, 11) is -5.24. The van der Waals surface area contributed by atoms with E-state index in [4.69, 9.17) is 23.5 Å². The zero-order valence-electron chi connectivity index (χ0n) is 14.7. The van der Waals surface area contributed by atoms with Crippen molar-refractivity contribution >= 4 is 24.0 Å². The van der Waals surface area contributed by atoms with Crippen molar-refractivity contribution in [1.82, 2.24) is 0 Å². The van der Waals surface area contributed by atoms with E-state index >= 15 is 0 Å². The van der Waals surface area contributed by atoms with E-state index in [0.717, 1.165) is 6.42 Å². The first-order valence-electron chi connectivity index (χ1n) is 7.62. The molecular formula is C13H34O5Si3. The maximum absolute atomic E-state index is 9.17. The fraction of sp³-hybridized carbons (Fsp3) is 1.00. The molecule has 0 radical (unpaired) electrons. The molecule has 8 heteroatoms. The molecule has 0 aromatic carbocycles. The Labute approximate surface area is 132 Å². The van der Waals surface area contributed by atoms with Gasteiger partial charge in [0.2, 0.25) is 0 Å². The first-order valence-corrected chi connectivity index (χ1v) is 17.8. The van der Waals surface area contributed by atoms with E-state index in [1.54, 1.807) is 0 Å². The third-order valence-corrected chi connectivity index (χ3v) is 20.2. The lowest BCUT2D eigenvalue weighted by Crippen LogP contribution is -2.63. The molecule has 5 nitrogen and oxygen atoms in total. The molecule has 0 aromatic rings. The van der Waals surface area contributed by atoms with E-state index in [0.29, 0.717) is 13.2 Å². The molecule has 2 atom stereocenters. The van der Waals surface area contributed by atoms with Crippen molar-refractivity contribution in [3.63, 3.8) is 0 Å². The van der Waals surface area contributed by atoms with Crippen LogP contribution in [0.3, 0.4) is 0 Å². The highest BCUT2D eigenvalue weighted by molar-refractivity contribution is 7.36. The van der Waals surface area contributed by atoms with Crippen LogP contribution in [0.1, 0.15) is 6.42 Å². The second kappa shape index (κ2) is 8.92. The van der Waals surface area contributed by atoms with E-state index in [1.165, 1.54) is 0 Å². The smallest absolute Gasteiger partial charge is 0.302 e. The summed E-state index contributed by atoms with van der Waals surface area (Å²) in [4.78, 5) is 0. The van der Waals surface area contributed by atoms with Gasteiger partial charge in [-0.2, -0.15) is 0 Å². The van der Waals surface area contributed by atoms with Gasteiger partial charge in [0.15, 0.2) is 8.32 Å². The van der Waals surface area contributed by atoms with Crippen molar-refractivity contribution in [3.8, 4) is 0 Å². The van der Waals surface area contributed by atoms with Gasteiger partial charge in [-0.05, 0) is 32.6 Å². The number of aliphatic hydroxyl groups is 2. The summed E-state index contributed by atoms with van der Waals surface area (Å²) in [6.45, 7) is 16.8. The van der Waals surface area contributed by atoms with Gasteiger partial charge < -0.3 is 23.5 Å². The topological polar surface area (TPSA) is 68.2 Å². The van der Waals surface area contributed by atoms with Gasteiger partial charge in [0.05, 0.1) is 13.2 Å². The van der Waals surface area contributed by atoms with Crippen LogP contribution in [0.2, 0.25) is 45.8 Å². The Hall–Kier alpha value is 0.451. The molecule has 0 aromatic heterocycles. The molecule has 0 aliphatic carbocycles. The van der Waals surface area contributed by atoms with E-state index in [1.807, 2.05) is 0 Å². The SMILES string of the molecule is C[Si](C)(C)O[Si](C)(OCCCOCC(O)CO)[Si](C)(C)C. The van der Waals surface area contributed by atoms with Crippen LogP contribution in [0.15, 0.2) is 0 Å². The molecule has 2 unspecified atom stereocenters. The number of hydrogen-bond donors (Lipinski definition) is 2. The molecule has 0 saturated carbocycles. The van der Waals surface area contributed by atoms with E-state index in [2.05, 4.69) is 45.8 Å². The maximum Gasteiger partial charge on any atom is 0.302 e. The van der Waals surface area contributed by atoms with Crippen LogP contribution in [0.4, 0.5) is 0 Å². The van der Waals surface area contributed by atoms with Crippen LogP contribution in [0, 0.1) is 0 Å². The molecule has 0 amide bonds. The summed E-state index contributed by atoms with van der Waals surface area (Å²) in [5.41, 5.74) is 0. The van der Waals surface area contributed by atoms with Gasteiger partial charge in [0.1, 0.15) is 13.7 Å². The predicted molar refractivity (Wildman–Crippen MR) is 93.9 cm³/mol.